The van der Waals surface area contributed by atoms with Crippen molar-refractivity contribution < 1.29 is 0 Å². The van der Waals surface area contributed by atoms with Gasteiger partial charge in [-0.1, -0.05) is 31.2 Å². The second kappa shape index (κ2) is 9.96. The van der Waals surface area contributed by atoms with Crippen molar-refractivity contribution in [3.05, 3.63) is 35.4 Å². The largest absolute Gasteiger partial charge is 0.357 e. The topological polar surface area (TPSA) is 30.9 Å². The van der Waals surface area contributed by atoms with Gasteiger partial charge in [0.05, 0.1) is 0 Å². The zero-order valence-corrected chi connectivity index (χ0v) is 16.7. The van der Waals surface area contributed by atoms with E-state index in [-0.39, 0.29) is 0 Å². The zero-order valence-electron chi connectivity index (χ0n) is 16.7. The van der Waals surface area contributed by atoms with Gasteiger partial charge in [-0.3, -0.25) is 4.99 Å². The Balaban J connectivity index is 1.49. The van der Waals surface area contributed by atoms with Crippen molar-refractivity contribution >= 4 is 5.96 Å². The number of hydrogen-bond acceptors (Lipinski definition) is 2. The fraction of sp³-hybridized carbons (Fsp3) is 0.682. The van der Waals surface area contributed by atoms with Crippen molar-refractivity contribution in [1.29, 1.82) is 0 Å². The van der Waals surface area contributed by atoms with Gasteiger partial charge in [-0.2, -0.15) is 0 Å². The van der Waals surface area contributed by atoms with Crippen LogP contribution < -0.4 is 5.32 Å². The lowest BCUT2D eigenvalue weighted by Crippen LogP contribution is -2.41. The van der Waals surface area contributed by atoms with Gasteiger partial charge < -0.3 is 15.1 Å². The number of hydrogen-bond donors (Lipinski definition) is 1. The molecule has 26 heavy (non-hydrogen) atoms. The Kier molecular flexibility index (Phi) is 7.36. The highest BCUT2D eigenvalue weighted by atomic mass is 15.3. The zero-order chi connectivity index (χ0) is 18.2. The molecule has 0 spiro atoms. The molecule has 3 rings (SSSR count). The summed E-state index contributed by atoms with van der Waals surface area (Å²) in [4.78, 5) is 10.0. The van der Waals surface area contributed by atoms with Gasteiger partial charge in [0, 0.05) is 32.7 Å². The van der Waals surface area contributed by atoms with Crippen molar-refractivity contribution in [1.82, 2.24) is 15.1 Å². The lowest BCUT2D eigenvalue weighted by atomic mass is 10.1. The maximum atomic E-state index is 4.92. The fourth-order valence-corrected chi connectivity index (χ4v) is 4.16. The summed E-state index contributed by atoms with van der Waals surface area (Å²) in [5.74, 6) is 1.92. The monoisotopic (exact) mass is 356 g/mol. The third kappa shape index (κ3) is 5.47. The van der Waals surface area contributed by atoms with Crippen LogP contribution >= 0.6 is 0 Å². The first-order valence-corrected chi connectivity index (χ1v) is 10.6. The van der Waals surface area contributed by atoms with Gasteiger partial charge in [-0.25, -0.2) is 0 Å². The smallest absolute Gasteiger partial charge is 0.193 e. The lowest BCUT2D eigenvalue weighted by Gasteiger charge is -2.23. The molecule has 1 aromatic rings. The summed E-state index contributed by atoms with van der Waals surface area (Å²) < 4.78 is 0. The summed E-state index contributed by atoms with van der Waals surface area (Å²) in [5, 5.41) is 3.51. The van der Waals surface area contributed by atoms with E-state index in [9.17, 15) is 0 Å². The maximum Gasteiger partial charge on any atom is 0.193 e. The number of likely N-dealkylation sites (tertiary alicyclic amines) is 2. The number of nitrogens with zero attached hydrogens (tertiary/aromatic N) is 3. The molecule has 2 aliphatic heterocycles. The Hall–Kier alpha value is -1.55. The predicted molar refractivity (Wildman–Crippen MR) is 111 cm³/mol. The molecular formula is C22H36N4. The minimum Gasteiger partial charge on any atom is -0.357 e. The summed E-state index contributed by atoms with van der Waals surface area (Å²) in [6.45, 7) is 12.4. The first kappa shape index (κ1) is 19.2. The minimum absolute atomic E-state index is 0.804. The lowest BCUT2D eigenvalue weighted by molar-refractivity contribution is 0.281. The van der Waals surface area contributed by atoms with Crippen LogP contribution in [0.15, 0.2) is 29.3 Å². The van der Waals surface area contributed by atoms with Crippen LogP contribution in [0, 0.1) is 5.92 Å². The van der Waals surface area contributed by atoms with Crippen LogP contribution in [0.5, 0.6) is 0 Å². The Labute approximate surface area is 159 Å². The minimum atomic E-state index is 0.804. The van der Waals surface area contributed by atoms with E-state index in [1.807, 2.05) is 0 Å². The van der Waals surface area contributed by atoms with E-state index >= 15 is 0 Å². The van der Waals surface area contributed by atoms with E-state index < -0.39 is 0 Å². The van der Waals surface area contributed by atoms with Crippen molar-refractivity contribution in [2.45, 2.75) is 46.0 Å². The molecule has 2 heterocycles. The average molecular weight is 357 g/mol. The van der Waals surface area contributed by atoms with Gasteiger partial charge >= 0.3 is 0 Å². The first-order chi connectivity index (χ1) is 12.8. The Morgan fingerprint density at radius 2 is 1.81 bits per heavy atom. The molecule has 2 saturated heterocycles. The summed E-state index contributed by atoms with van der Waals surface area (Å²) in [6, 6.07) is 8.99. The third-order valence-corrected chi connectivity index (χ3v) is 5.73. The fourth-order valence-electron chi connectivity index (χ4n) is 4.16. The Morgan fingerprint density at radius 1 is 1.08 bits per heavy atom. The summed E-state index contributed by atoms with van der Waals surface area (Å²) in [5.41, 5.74) is 2.79. The average Bonchev–Trinajstić information content (AvgIpc) is 3.34. The van der Waals surface area contributed by atoms with Gasteiger partial charge in [0.2, 0.25) is 0 Å². The molecule has 0 amide bonds. The standard InChI is InChI=1S/C22H36N4/c1-3-19-7-9-20(10-8-19)11-13-24-22(23-4-2)26-16-12-21(18-26)17-25-14-5-6-15-25/h7-10,21H,3-6,11-18H2,1-2H3,(H,23,24). The van der Waals surface area contributed by atoms with Crippen LogP contribution in [0.2, 0.25) is 0 Å². The molecular weight excluding hydrogens is 320 g/mol. The number of aliphatic imine (C=N–C) groups is 1. The van der Waals surface area contributed by atoms with Gasteiger partial charge in [0.1, 0.15) is 0 Å². The van der Waals surface area contributed by atoms with E-state index in [1.165, 1.54) is 50.0 Å². The van der Waals surface area contributed by atoms with Crippen molar-refractivity contribution in [3.63, 3.8) is 0 Å². The SMILES string of the molecule is CCNC(=NCCc1ccc(CC)cc1)N1CCC(CN2CCCC2)C1. The van der Waals surface area contributed by atoms with Gasteiger partial charge in [-0.15, -0.1) is 0 Å². The Bertz CT molecular complexity index is 560. The molecule has 0 bridgehead atoms. The van der Waals surface area contributed by atoms with Gasteiger partial charge in [0.15, 0.2) is 5.96 Å². The Morgan fingerprint density at radius 3 is 2.50 bits per heavy atom. The van der Waals surface area contributed by atoms with Crippen molar-refractivity contribution in [3.8, 4) is 0 Å². The van der Waals surface area contributed by atoms with Crippen LogP contribution in [-0.4, -0.2) is 61.6 Å². The first-order valence-electron chi connectivity index (χ1n) is 10.6. The molecule has 4 nitrogen and oxygen atoms in total. The van der Waals surface area contributed by atoms with Crippen LogP contribution in [0.4, 0.5) is 0 Å². The predicted octanol–water partition coefficient (Wildman–Crippen LogP) is 3.17. The van der Waals surface area contributed by atoms with E-state index in [0.29, 0.717) is 0 Å². The number of aryl methyl sites for hydroxylation is 1. The van der Waals surface area contributed by atoms with E-state index in [2.05, 4.69) is 53.2 Å². The third-order valence-electron chi connectivity index (χ3n) is 5.73. The number of guanidine groups is 1. The number of benzene rings is 1. The molecule has 0 radical (unpaired) electrons. The van der Waals surface area contributed by atoms with Crippen LogP contribution in [0.3, 0.4) is 0 Å². The molecule has 0 aromatic heterocycles. The van der Waals surface area contributed by atoms with Crippen LogP contribution in [0.25, 0.3) is 0 Å². The molecule has 1 atom stereocenters. The summed E-state index contributed by atoms with van der Waals surface area (Å²) in [7, 11) is 0. The highest BCUT2D eigenvalue weighted by Gasteiger charge is 2.27. The van der Waals surface area contributed by atoms with Gasteiger partial charge in [0.25, 0.3) is 0 Å². The maximum absolute atomic E-state index is 4.92. The number of rotatable bonds is 7. The molecule has 0 saturated carbocycles. The van der Waals surface area contributed by atoms with Crippen molar-refractivity contribution in [2.24, 2.45) is 10.9 Å². The molecule has 1 N–H and O–H groups in total. The second-order valence-corrected chi connectivity index (χ2v) is 7.76. The van der Waals surface area contributed by atoms with Crippen LogP contribution in [0.1, 0.15) is 44.2 Å². The summed E-state index contributed by atoms with van der Waals surface area (Å²) >= 11 is 0. The van der Waals surface area contributed by atoms with Crippen molar-refractivity contribution in [2.75, 3.05) is 45.8 Å². The molecule has 144 valence electrons. The molecule has 4 heteroatoms. The second-order valence-electron chi connectivity index (χ2n) is 7.76. The van der Waals surface area contributed by atoms with E-state index in [1.54, 1.807) is 0 Å². The van der Waals surface area contributed by atoms with Crippen LogP contribution in [-0.2, 0) is 12.8 Å². The summed E-state index contributed by atoms with van der Waals surface area (Å²) in [6.07, 6.45) is 6.21. The normalized spacial score (nSPS) is 21.5. The van der Waals surface area contributed by atoms with Gasteiger partial charge in [-0.05, 0) is 69.2 Å². The highest BCUT2D eigenvalue weighted by molar-refractivity contribution is 5.80. The molecule has 2 fully saturated rings. The molecule has 1 unspecified atom stereocenters. The van der Waals surface area contributed by atoms with E-state index in [4.69, 9.17) is 4.99 Å². The number of nitrogens with one attached hydrogen (secondary N) is 1. The molecule has 1 aromatic carbocycles. The molecule has 2 aliphatic rings. The quantitative estimate of drug-likeness (QED) is 0.601. The van der Waals surface area contributed by atoms with E-state index in [0.717, 1.165) is 50.9 Å². The highest BCUT2D eigenvalue weighted by Crippen LogP contribution is 2.20. The molecule has 0 aliphatic carbocycles.